The number of aromatic nitrogens is 3. The van der Waals surface area contributed by atoms with Gasteiger partial charge in [-0.3, -0.25) is 18.9 Å². The predicted molar refractivity (Wildman–Crippen MR) is 186 cm³/mol. The third kappa shape index (κ3) is 6.86. The lowest BCUT2D eigenvalue weighted by atomic mass is 9.95. The van der Waals surface area contributed by atoms with Crippen LogP contribution in [0.5, 0.6) is 11.8 Å². The molecule has 15 heteroatoms. The van der Waals surface area contributed by atoms with E-state index in [2.05, 4.69) is 20.8 Å². The van der Waals surface area contributed by atoms with Gasteiger partial charge in [0.25, 0.3) is 0 Å². The molecule has 0 amide bonds. The second kappa shape index (κ2) is 14.6. The van der Waals surface area contributed by atoms with Gasteiger partial charge in [-0.2, -0.15) is 9.97 Å². The van der Waals surface area contributed by atoms with E-state index in [9.17, 15) is 8.96 Å². The summed E-state index contributed by atoms with van der Waals surface area (Å²) in [6, 6.07) is 5.45. The van der Waals surface area contributed by atoms with E-state index >= 15 is 8.78 Å². The first-order valence-electron chi connectivity index (χ1n) is 17.2. The molecule has 0 unspecified atom stereocenters. The molecular formula is C36H39F3N5O6P. The highest BCUT2D eigenvalue weighted by atomic mass is 31.2. The van der Waals surface area contributed by atoms with Gasteiger partial charge in [-0.1, -0.05) is 12.0 Å². The number of hydrogen-bond acceptors (Lipinski definition) is 11. The van der Waals surface area contributed by atoms with Crippen molar-refractivity contribution in [3.05, 3.63) is 47.7 Å². The predicted octanol–water partition coefficient (Wildman–Crippen LogP) is 6.85. The van der Waals surface area contributed by atoms with Crippen LogP contribution < -0.4 is 14.2 Å². The third-order valence-corrected chi connectivity index (χ3v) is 11.2. The van der Waals surface area contributed by atoms with Crippen LogP contribution in [0.4, 0.5) is 19.0 Å². The highest BCUT2D eigenvalue weighted by Crippen LogP contribution is 2.51. The number of halogens is 3. The fourth-order valence-corrected chi connectivity index (χ4v) is 8.63. The number of nitrogens with zero attached hydrogens (tertiary/aromatic N) is 5. The number of rotatable bonds is 11. The molecule has 3 aliphatic rings. The molecule has 2 aromatic heterocycles. The molecule has 0 spiro atoms. The van der Waals surface area contributed by atoms with Gasteiger partial charge >= 0.3 is 13.8 Å². The number of benzene rings is 2. The molecule has 5 heterocycles. The molecule has 4 aromatic rings. The minimum atomic E-state index is -4.08. The highest BCUT2D eigenvalue weighted by molar-refractivity contribution is 7.48. The maximum absolute atomic E-state index is 17.1. The summed E-state index contributed by atoms with van der Waals surface area (Å²) < 4.78 is 88.5. The molecule has 3 aliphatic heterocycles. The summed E-state index contributed by atoms with van der Waals surface area (Å²) in [5, 5.41) is 0.891. The average Bonchev–Trinajstić information content (AvgIpc) is 3.49. The summed E-state index contributed by atoms with van der Waals surface area (Å²) in [6.07, 6.45) is 9.06. The molecule has 0 bridgehead atoms. The third-order valence-electron chi connectivity index (χ3n) is 9.63. The van der Waals surface area contributed by atoms with E-state index in [0.29, 0.717) is 55.9 Å². The van der Waals surface area contributed by atoms with E-state index in [0.717, 1.165) is 25.8 Å². The normalized spacial score (nSPS) is 21.2. The Morgan fingerprint density at radius 3 is 2.71 bits per heavy atom. The Morgan fingerprint density at radius 2 is 1.92 bits per heavy atom. The van der Waals surface area contributed by atoms with Gasteiger partial charge in [-0.25, -0.2) is 17.7 Å². The average molecular weight is 726 g/mol. The topological polar surface area (TPSA) is 108 Å². The Morgan fingerprint density at radius 1 is 1.10 bits per heavy atom. The van der Waals surface area contributed by atoms with Crippen LogP contribution in [0, 0.1) is 24.0 Å². The van der Waals surface area contributed by atoms with Gasteiger partial charge in [-0.15, -0.1) is 6.42 Å². The number of hydrogen-bond donors (Lipinski definition) is 0. The minimum Gasteiger partial charge on any atom is -0.461 e. The maximum Gasteiger partial charge on any atom is 0.530 e. The summed E-state index contributed by atoms with van der Waals surface area (Å²) in [5.41, 5.74) is -0.830. The van der Waals surface area contributed by atoms with Gasteiger partial charge in [0.2, 0.25) is 0 Å². The van der Waals surface area contributed by atoms with E-state index in [-0.39, 0.29) is 59.3 Å². The van der Waals surface area contributed by atoms with Crippen molar-refractivity contribution in [1.82, 2.24) is 19.9 Å². The van der Waals surface area contributed by atoms with Crippen LogP contribution in [0.15, 0.2) is 30.5 Å². The van der Waals surface area contributed by atoms with Gasteiger partial charge < -0.3 is 18.9 Å². The van der Waals surface area contributed by atoms with Gasteiger partial charge in [0, 0.05) is 49.8 Å². The SMILES string of the molecule is C#Cc1c(F)ccc2cc(OP(=O)(OCC)OCC)cc(-c3ncc4c(N5CCCOCC5)nc(OC[C@@]56CCCN5C[C@H](F)C6)nc4c3F)c12. The molecule has 0 saturated carbocycles. The fraction of sp³-hybridized carbons (Fsp3) is 0.472. The summed E-state index contributed by atoms with van der Waals surface area (Å²) in [5.74, 6) is 1.26. The van der Waals surface area contributed by atoms with E-state index in [1.165, 1.54) is 30.5 Å². The van der Waals surface area contributed by atoms with Crippen molar-refractivity contribution in [3.63, 3.8) is 0 Å². The molecule has 0 radical (unpaired) electrons. The monoisotopic (exact) mass is 725 g/mol. The second-order valence-electron chi connectivity index (χ2n) is 12.8. The van der Waals surface area contributed by atoms with E-state index in [1.54, 1.807) is 13.8 Å². The molecule has 0 aliphatic carbocycles. The van der Waals surface area contributed by atoms with Crippen LogP contribution in [-0.2, 0) is 18.3 Å². The van der Waals surface area contributed by atoms with Crippen LogP contribution in [-0.4, -0.2) is 90.8 Å². The first-order valence-corrected chi connectivity index (χ1v) is 18.7. The molecule has 0 N–H and O–H groups in total. The number of phosphoric acid groups is 1. The fourth-order valence-electron chi connectivity index (χ4n) is 7.45. The molecular weight excluding hydrogens is 686 g/mol. The van der Waals surface area contributed by atoms with Gasteiger partial charge in [-0.05, 0) is 63.2 Å². The minimum absolute atomic E-state index is 0.00122. The Balaban J connectivity index is 1.39. The lowest BCUT2D eigenvalue weighted by molar-refractivity contribution is 0.107. The number of fused-ring (bicyclic) bond motifs is 3. The number of ether oxygens (including phenoxy) is 2. The second-order valence-corrected chi connectivity index (χ2v) is 14.4. The van der Waals surface area contributed by atoms with Crippen molar-refractivity contribution in [2.75, 3.05) is 64.1 Å². The molecule has 11 nitrogen and oxygen atoms in total. The Kier molecular flexibility index (Phi) is 10.1. The number of alkyl halides is 1. The first kappa shape index (κ1) is 35.4. The van der Waals surface area contributed by atoms with Crippen LogP contribution in [0.3, 0.4) is 0 Å². The summed E-state index contributed by atoms with van der Waals surface area (Å²) in [6.45, 7) is 6.73. The van der Waals surface area contributed by atoms with Crippen molar-refractivity contribution in [2.45, 2.75) is 51.2 Å². The molecule has 7 rings (SSSR count). The lowest BCUT2D eigenvalue weighted by Gasteiger charge is -2.31. The molecule has 3 fully saturated rings. The van der Waals surface area contributed by atoms with E-state index < -0.39 is 31.2 Å². The number of anilines is 1. The van der Waals surface area contributed by atoms with Crippen molar-refractivity contribution < 1.29 is 40.8 Å². The zero-order valence-electron chi connectivity index (χ0n) is 28.5. The molecule has 270 valence electrons. The number of phosphoric ester groups is 1. The zero-order valence-corrected chi connectivity index (χ0v) is 29.4. The van der Waals surface area contributed by atoms with E-state index in [1.807, 2.05) is 4.90 Å². The van der Waals surface area contributed by atoms with Crippen molar-refractivity contribution in [2.24, 2.45) is 0 Å². The molecule has 2 aromatic carbocycles. The first-order chi connectivity index (χ1) is 24.7. The van der Waals surface area contributed by atoms with Crippen molar-refractivity contribution in [3.8, 4) is 35.4 Å². The molecule has 51 heavy (non-hydrogen) atoms. The highest BCUT2D eigenvalue weighted by Gasteiger charge is 2.49. The number of terminal acetylenes is 1. The zero-order chi connectivity index (χ0) is 35.8. The smallest absolute Gasteiger partial charge is 0.461 e. The van der Waals surface area contributed by atoms with E-state index in [4.69, 9.17) is 34.5 Å². The van der Waals surface area contributed by atoms with Gasteiger partial charge in [0.15, 0.2) is 5.82 Å². The van der Waals surface area contributed by atoms with Crippen molar-refractivity contribution >= 4 is 35.3 Å². The van der Waals surface area contributed by atoms with Crippen LogP contribution >= 0.6 is 7.82 Å². The summed E-state index contributed by atoms with van der Waals surface area (Å²) in [7, 11) is -4.08. The Hall–Kier alpha value is -3.99. The lowest BCUT2D eigenvalue weighted by Crippen LogP contribution is -2.43. The Labute approximate surface area is 294 Å². The number of pyridine rings is 1. The molecule has 2 atom stereocenters. The quantitative estimate of drug-likeness (QED) is 0.120. The Bertz CT molecular complexity index is 2030. The maximum atomic E-state index is 17.1. The van der Waals surface area contributed by atoms with Crippen molar-refractivity contribution in [1.29, 1.82) is 0 Å². The van der Waals surface area contributed by atoms with Gasteiger partial charge in [0.1, 0.15) is 41.4 Å². The largest absolute Gasteiger partial charge is 0.530 e. The van der Waals surface area contributed by atoms with Crippen LogP contribution in [0.2, 0.25) is 0 Å². The molecule has 3 saturated heterocycles. The van der Waals surface area contributed by atoms with Crippen LogP contribution in [0.1, 0.15) is 45.1 Å². The standard InChI is InChI=1S/C36H39F3N5O6P/c1-4-26-29(38)10-9-23-17-25(50-51(45,48-5-2)49-6-3)18-27(30(23)26)32-31(39)33-28(20-40-32)34(43-12-8-15-46-16-14-43)42-35(41-33)47-22-36-11-7-13-44(36)21-24(37)19-36/h1,9-10,17-18,20,24H,5-8,11-16,19,21-22H2,2-3H3/t24-,36+/m1/s1. The summed E-state index contributed by atoms with van der Waals surface area (Å²) in [4.78, 5) is 17.9. The van der Waals surface area contributed by atoms with Crippen LogP contribution in [0.25, 0.3) is 32.9 Å². The summed E-state index contributed by atoms with van der Waals surface area (Å²) >= 11 is 0. The van der Waals surface area contributed by atoms with Gasteiger partial charge in [0.05, 0.1) is 36.3 Å².